The fourth-order valence-electron chi connectivity index (χ4n) is 1.59. The summed E-state index contributed by atoms with van der Waals surface area (Å²) in [6.45, 7) is 7.31. The molecule has 0 bridgehead atoms. The van der Waals surface area contributed by atoms with Crippen LogP contribution < -0.4 is 14.2 Å². The van der Waals surface area contributed by atoms with Crippen molar-refractivity contribution in [1.29, 1.82) is 0 Å². The van der Waals surface area contributed by atoms with Gasteiger partial charge in [0.05, 0.1) is 0 Å². The zero-order valence-electron chi connectivity index (χ0n) is 11.6. The molecular formula is C14H18O5. The van der Waals surface area contributed by atoms with E-state index in [0.717, 1.165) is 0 Å². The van der Waals surface area contributed by atoms with E-state index in [0.29, 0.717) is 17.2 Å². The van der Waals surface area contributed by atoms with Gasteiger partial charge in [0.15, 0.2) is 17.6 Å². The van der Waals surface area contributed by atoms with E-state index >= 15 is 0 Å². The van der Waals surface area contributed by atoms with Crippen molar-refractivity contribution in [3.63, 3.8) is 0 Å². The molecule has 5 heteroatoms. The van der Waals surface area contributed by atoms with Crippen molar-refractivity contribution >= 4 is 5.97 Å². The van der Waals surface area contributed by atoms with Crippen molar-refractivity contribution in [1.82, 2.24) is 0 Å². The summed E-state index contributed by atoms with van der Waals surface area (Å²) in [6, 6.07) is 5.18. The molecule has 0 saturated carbocycles. The Hall–Kier alpha value is -1.91. The molecule has 0 radical (unpaired) electrons. The number of rotatable bonds is 3. The molecule has 0 fully saturated rings. The third-order valence-electron chi connectivity index (χ3n) is 2.40. The van der Waals surface area contributed by atoms with Gasteiger partial charge in [0.1, 0.15) is 11.4 Å². The molecule has 5 nitrogen and oxygen atoms in total. The van der Waals surface area contributed by atoms with E-state index in [2.05, 4.69) is 0 Å². The van der Waals surface area contributed by atoms with Crippen LogP contribution in [-0.2, 0) is 9.53 Å². The van der Waals surface area contributed by atoms with Gasteiger partial charge in [-0.2, -0.15) is 0 Å². The van der Waals surface area contributed by atoms with E-state index in [1.807, 2.05) is 20.8 Å². The standard InChI is InChI=1S/C14H18O5/c1-9(13(15)19-14(2,3)4)18-10-5-6-11-12(7-10)17-8-16-11/h5-7,9H,8H2,1-4H3. The number of hydrogen-bond acceptors (Lipinski definition) is 5. The first-order valence-corrected chi connectivity index (χ1v) is 6.14. The van der Waals surface area contributed by atoms with Crippen LogP contribution in [0.1, 0.15) is 27.7 Å². The van der Waals surface area contributed by atoms with Gasteiger partial charge in [-0.3, -0.25) is 0 Å². The van der Waals surface area contributed by atoms with Crippen LogP contribution in [0.25, 0.3) is 0 Å². The molecule has 1 atom stereocenters. The average molecular weight is 266 g/mol. The second-order valence-corrected chi connectivity index (χ2v) is 5.31. The van der Waals surface area contributed by atoms with E-state index in [4.69, 9.17) is 18.9 Å². The van der Waals surface area contributed by atoms with Crippen molar-refractivity contribution in [3.8, 4) is 17.2 Å². The lowest BCUT2D eigenvalue weighted by Crippen LogP contribution is -2.33. The molecule has 0 saturated heterocycles. The molecule has 1 aliphatic rings. The molecular weight excluding hydrogens is 248 g/mol. The minimum Gasteiger partial charge on any atom is -0.479 e. The van der Waals surface area contributed by atoms with Crippen LogP contribution in [0.15, 0.2) is 18.2 Å². The van der Waals surface area contributed by atoms with E-state index in [1.165, 1.54) is 0 Å². The summed E-state index contributed by atoms with van der Waals surface area (Å²) in [5, 5.41) is 0. The monoisotopic (exact) mass is 266 g/mol. The van der Waals surface area contributed by atoms with Gasteiger partial charge in [-0.15, -0.1) is 0 Å². The summed E-state index contributed by atoms with van der Waals surface area (Å²) >= 11 is 0. The Morgan fingerprint density at radius 1 is 1.26 bits per heavy atom. The first kappa shape index (κ1) is 13.5. The van der Waals surface area contributed by atoms with Crippen molar-refractivity contribution in [2.75, 3.05) is 6.79 Å². The van der Waals surface area contributed by atoms with Gasteiger partial charge in [-0.1, -0.05) is 0 Å². The molecule has 1 aromatic rings. The van der Waals surface area contributed by atoms with Crippen molar-refractivity contribution in [3.05, 3.63) is 18.2 Å². The van der Waals surface area contributed by atoms with Gasteiger partial charge >= 0.3 is 5.97 Å². The highest BCUT2D eigenvalue weighted by Gasteiger charge is 2.23. The quantitative estimate of drug-likeness (QED) is 0.787. The third kappa shape index (κ3) is 3.53. The summed E-state index contributed by atoms with van der Waals surface area (Å²) in [5.74, 6) is 1.44. The fraction of sp³-hybridized carbons (Fsp3) is 0.500. The Balaban J connectivity index is 1.99. The Kier molecular flexibility index (Phi) is 3.55. The normalized spacial score (nSPS) is 14.9. The highest BCUT2D eigenvalue weighted by atomic mass is 16.7. The van der Waals surface area contributed by atoms with Crippen LogP contribution in [-0.4, -0.2) is 24.5 Å². The average Bonchev–Trinajstić information content (AvgIpc) is 2.73. The van der Waals surface area contributed by atoms with E-state index in [9.17, 15) is 4.79 Å². The molecule has 1 heterocycles. The second-order valence-electron chi connectivity index (χ2n) is 5.31. The number of carbonyl (C=O) groups excluding carboxylic acids is 1. The maximum absolute atomic E-state index is 11.8. The minimum atomic E-state index is -0.681. The molecule has 1 aliphatic heterocycles. The van der Waals surface area contributed by atoms with Crippen LogP contribution in [0.5, 0.6) is 17.2 Å². The molecule has 19 heavy (non-hydrogen) atoms. The molecule has 0 aromatic heterocycles. The molecule has 1 unspecified atom stereocenters. The second kappa shape index (κ2) is 4.99. The Morgan fingerprint density at radius 2 is 1.95 bits per heavy atom. The highest BCUT2D eigenvalue weighted by Crippen LogP contribution is 2.35. The number of hydrogen-bond donors (Lipinski definition) is 0. The van der Waals surface area contributed by atoms with Gasteiger partial charge in [-0.05, 0) is 39.8 Å². The van der Waals surface area contributed by atoms with Crippen molar-refractivity contribution in [2.45, 2.75) is 39.4 Å². The van der Waals surface area contributed by atoms with Crippen molar-refractivity contribution < 1.29 is 23.7 Å². The van der Waals surface area contributed by atoms with Crippen LogP contribution in [0.2, 0.25) is 0 Å². The predicted octanol–water partition coefficient (Wildman–Crippen LogP) is 2.52. The molecule has 2 rings (SSSR count). The summed E-state index contributed by atoms with van der Waals surface area (Å²) in [4.78, 5) is 11.8. The Bertz CT molecular complexity index is 475. The Morgan fingerprint density at radius 3 is 2.63 bits per heavy atom. The Labute approximate surface area is 112 Å². The molecule has 0 amide bonds. The predicted molar refractivity (Wildman–Crippen MR) is 68.5 cm³/mol. The number of fused-ring (bicyclic) bond motifs is 1. The molecule has 0 aliphatic carbocycles. The zero-order valence-corrected chi connectivity index (χ0v) is 11.6. The molecule has 104 valence electrons. The lowest BCUT2D eigenvalue weighted by Gasteiger charge is -2.22. The van der Waals surface area contributed by atoms with Gasteiger partial charge in [0.25, 0.3) is 0 Å². The lowest BCUT2D eigenvalue weighted by atomic mass is 10.2. The van der Waals surface area contributed by atoms with Crippen LogP contribution >= 0.6 is 0 Å². The highest BCUT2D eigenvalue weighted by molar-refractivity contribution is 5.75. The molecule has 0 N–H and O–H groups in total. The zero-order chi connectivity index (χ0) is 14.0. The summed E-state index contributed by atoms with van der Waals surface area (Å²) in [5.41, 5.74) is -0.524. The van der Waals surface area contributed by atoms with Gasteiger partial charge in [0, 0.05) is 6.07 Å². The largest absolute Gasteiger partial charge is 0.479 e. The number of carbonyl (C=O) groups is 1. The fourth-order valence-corrected chi connectivity index (χ4v) is 1.59. The molecule has 1 aromatic carbocycles. The SMILES string of the molecule is CC(Oc1ccc2c(c1)OCO2)C(=O)OC(C)(C)C. The number of ether oxygens (including phenoxy) is 4. The van der Waals surface area contributed by atoms with Gasteiger partial charge < -0.3 is 18.9 Å². The van der Waals surface area contributed by atoms with Gasteiger partial charge in [0.2, 0.25) is 6.79 Å². The number of esters is 1. The summed E-state index contributed by atoms with van der Waals surface area (Å²) < 4.78 is 21.2. The van der Waals surface area contributed by atoms with E-state index in [-0.39, 0.29) is 6.79 Å². The minimum absolute atomic E-state index is 0.209. The number of benzene rings is 1. The lowest BCUT2D eigenvalue weighted by molar-refractivity contribution is -0.162. The first-order valence-electron chi connectivity index (χ1n) is 6.14. The maximum Gasteiger partial charge on any atom is 0.347 e. The smallest absolute Gasteiger partial charge is 0.347 e. The summed E-state index contributed by atoms with van der Waals surface area (Å²) in [6.07, 6.45) is -0.681. The van der Waals surface area contributed by atoms with Crippen LogP contribution in [0, 0.1) is 0 Å². The third-order valence-corrected chi connectivity index (χ3v) is 2.40. The van der Waals surface area contributed by atoms with Crippen LogP contribution in [0.3, 0.4) is 0 Å². The van der Waals surface area contributed by atoms with E-state index < -0.39 is 17.7 Å². The maximum atomic E-state index is 11.8. The molecule has 0 spiro atoms. The van der Waals surface area contributed by atoms with E-state index in [1.54, 1.807) is 25.1 Å². The van der Waals surface area contributed by atoms with Crippen LogP contribution in [0.4, 0.5) is 0 Å². The van der Waals surface area contributed by atoms with Crippen molar-refractivity contribution in [2.24, 2.45) is 0 Å². The topological polar surface area (TPSA) is 54.0 Å². The van der Waals surface area contributed by atoms with Gasteiger partial charge in [-0.25, -0.2) is 4.79 Å². The first-order chi connectivity index (χ1) is 8.85. The summed E-state index contributed by atoms with van der Waals surface area (Å²) in [7, 11) is 0.